The summed E-state index contributed by atoms with van der Waals surface area (Å²) < 4.78 is 1.66. The lowest BCUT2D eigenvalue weighted by atomic mass is 9.85. The Bertz CT molecular complexity index is 458. The van der Waals surface area contributed by atoms with Gasteiger partial charge in [-0.3, -0.25) is 4.68 Å². The molecule has 1 aromatic heterocycles. The Kier molecular flexibility index (Phi) is 5.10. The van der Waals surface area contributed by atoms with Gasteiger partial charge in [-0.2, -0.15) is 5.10 Å². The highest BCUT2D eigenvalue weighted by molar-refractivity contribution is 6.30. The molecule has 0 aliphatic carbocycles. The van der Waals surface area contributed by atoms with Crippen LogP contribution < -0.4 is 5.32 Å². The van der Waals surface area contributed by atoms with E-state index in [-0.39, 0.29) is 12.0 Å². The van der Waals surface area contributed by atoms with E-state index in [9.17, 15) is 5.11 Å². The Morgan fingerprint density at radius 2 is 2.20 bits per heavy atom. The molecule has 2 N–H and O–H groups in total. The second-order valence-electron chi connectivity index (χ2n) is 6.17. The largest absolute Gasteiger partial charge is 0.387 e. The van der Waals surface area contributed by atoms with Crippen LogP contribution in [0.15, 0.2) is 0 Å². The van der Waals surface area contributed by atoms with E-state index >= 15 is 0 Å². The lowest BCUT2D eigenvalue weighted by Crippen LogP contribution is -2.42. The van der Waals surface area contributed by atoms with Crippen LogP contribution in [0.5, 0.6) is 0 Å². The van der Waals surface area contributed by atoms with Gasteiger partial charge in [0.1, 0.15) is 5.15 Å². The Balaban J connectivity index is 2.26. The fourth-order valence-electron chi connectivity index (χ4n) is 3.09. The van der Waals surface area contributed by atoms with E-state index in [1.54, 1.807) is 4.68 Å². The summed E-state index contributed by atoms with van der Waals surface area (Å²) in [6.45, 7) is 7.35. The molecule has 0 aromatic carbocycles. The van der Waals surface area contributed by atoms with Crippen LogP contribution in [0.25, 0.3) is 0 Å². The van der Waals surface area contributed by atoms with Crippen molar-refractivity contribution in [3.8, 4) is 0 Å². The van der Waals surface area contributed by atoms with Crippen molar-refractivity contribution in [2.24, 2.45) is 13.0 Å². The molecular weight excluding hydrogens is 274 g/mol. The summed E-state index contributed by atoms with van der Waals surface area (Å²) >= 11 is 6.36. The topological polar surface area (TPSA) is 50.1 Å². The number of piperidine rings is 1. The lowest BCUT2D eigenvalue weighted by molar-refractivity contribution is 0.0970. The monoisotopic (exact) mass is 299 g/mol. The first-order chi connectivity index (χ1) is 9.45. The van der Waals surface area contributed by atoms with Crippen molar-refractivity contribution in [2.75, 3.05) is 6.54 Å². The molecule has 2 heterocycles. The van der Waals surface area contributed by atoms with Gasteiger partial charge in [-0.05, 0) is 31.2 Å². The third-order valence-electron chi connectivity index (χ3n) is 4.39. The van der Waals surface area contributed by atoms with Crippen LogP contribution in [0.3, 0.4) is 0 Å². The molecule has 0 spiro atoms. The minimum Gasteiger partial charge on any atom is -0.387 e. The van der Waals surface area contributed by atoms with E-state index in [0.29, 0.717) is 11.1 Å². The maximum atomic E-state index is 10.8. The molecule has 3 atom stereocenters. The second kappa shape index (κ2) is 6.46. The fraction of sp³-hybridized carbons (Fsp3) is 0.800. The molecule has 5 heteroatoms. The third-order valence-corrected chi connectivity index (χ3v) is 4.84. The number of halogens is 1. The summed E-state index contributed by atoms with van der Waals surface area (Å²) in [6, 6.07) is 0.0768. The Morgan fingerprint density at radius 1 is 1.50 bits per heavy atom. The molecule has 1 aliphatic heterocycles. The number of aliphatic hydroxyl groups is 1. The summed E-state index contributed by atoms with van der Waals surface area (Å²) in [5.41, 5.74) is 1.71. The smallest absolute Gasteiger partial charge is 0.132 e. The lowest BCUT2D eigenvalue weighted by Gasteiger charge is -2.33. The molecule has 0 saturated carbocycles. The van der Waals surface area contributed by atoms with Crippen LogP contribution >= 0.6 is 11.6 Å². The second-order valence-corrected chi connectivity index (χ2v) is 6.53. The Morgan fingerprint density at radius 3 is 2.80 bits per heavy atom. The van der Waals surface area contributed by atoms with Crippen molar-refractivity contribution < 1.29 is 5.11 Å². The van der Waals surface area contributed by atoms with Crippen molar-refractivity contribution >= 4 is 11.6 Å². The van der Waals surface area contributed by atoms with Gasteiger partial charge >= 0.3 is 0 Å². The quantitative estimate of drug-likeness (QED) is 0.898. The Labute approximate surface area is 126 Å². The van der Waals surface area contributed by atoms with Crippen molar-refractivity contribution in [3.63, 3.8) is 0 Å². The van der Waals surface area contributed by atoms with Crippen LogP contribution in [0, 0.1) is 5.92 Å². The maximum absolute atomic E-state index is 10.8. The first-order valence-corrected chi connectivity index (χ1v) is 7.97. The number of aliphatic hydroxyl groups excluding tert-OH is 1. The van der Waals surface area contributed by atoms with Gasteiger partial charge in [-0.15, -0.1) is 0 Å². The molecule has 1 aliphatic rings. The predicted octanol–water partition coefficient (Wildman–Crippen LogP) is 3.01. The van der Waals surface area contributed by atoms with Gasteiger partial charge in [-0.1, -0.05) is 38.8 Å². The van der Waals surface area contributed by atoms with Gasteiger partial charge < -0.3 is 10.4 Å². The normalized spacial score (nSPS) is 25.1. The number of hydrogen-bond acceptors (Lipinski definition) is 3. The number of rotatable bonds is 4. The highest BCUT2D eigenvalue weighted by Gasteiger charge is 2.32. The average molecular weight is 300 g/mol. The summed E-state index contributed by atoms with van der Waals surface area (Å²) in [6.07, 6.45) is 2.78. The minimum atomic E-state index is -0.581. The fourth-order valence-corrected chi connectivity index (χ4v) is 3.33. The molecular formula is C15H26ClN3O. The third kappa shape index (κ3) is 3.02. The van der Waals surface area contributed by atoms with Gasteiger partial charge in [0.2, 0.25) is 0 Å². The van der Waals surface area contributed by atoms with Gasteiger partial charge in [0.25, 0.3) is 0 Å². The zero-order chi connectivity index (χ0) is 14.9. The zero-order valence-corrected chi connectivity index (χ0v) is 13.6. The molecule has 0 radical (unpaired) electrons. The van der Waals surface area contributed by atoms with Gasteiger partial charge in [0, 0.05) is 18.7 Å². The molecule has 1 fully saturated rings. The molecule has 3 unspecified atom stereocenters. The number of aryl methyl sites for hydroxylation is 1. The van der Waals surface area contributed by atoms with Crippen molar-refractivity contribution in [3.05, 3.63) is 16.4 Å². The van der Waals surface area contributed by atoms with Gasteiger partial charge in [0.05, 0.1) is 11.8 Å². The summed E-state index contributed by atoms with van der Waals surface area (Å²) in [5.74, 6) is 0.942. The zero-order valence-electron chi connectivity index (χ0n) is 12.9. The molecule has 20 heavy (non-hydrogen) atoms. The Hall–Kier alpha value is -0.580. The molecule has 2 rings (SSSR count). The van der Waals surface area contributed by atoms with Crippen LogP contribution in [-0.4, -0.2) is 27.5 Å². The van der Waals surface area contributed by atoms with Crippen molar-refractivity contribution in [2.45, 2.75) is 58.1 Å². The summed E-state index contributed by atoms with van der Waals surface area (Å²) in [7, 11) is 1.83. The van der Waals surface area contributed by atoms with E-state index in [4.69, 9.17) is 11.6 Å². The van der Waals surface area contributed by atoms with E-state index < -0.39 is 6.10 Å². The first kappa shape index (κ1) is 15.8. The van der Waals surface area contributed by atoms with Crippen LogP contribution in [0.4, 0.5) is 0 Å². The van der Waals surface area contributed by atoms with Crippen molar-refractivity contribution in [1.82, 2.24) is 15.1 Å². The van der Waals surface area contributed by atoms with Crippen molar-refractivity contribution in [1.29, 1.82) is 0 Å². The van der Waals surface area contributed by atoms with E-state index in [1.807, 2.05) is 7.05 Å². The van der Waals surface area contributed by atoms with E-state index in [1.165, 1.54) is 12.8 Å². The van der Waals surface area contributed by atoms with Crippen LogP contribution in [-0.2, 0) is 7.05 Å². The van der Waals surface area contributed by atoms with Crippen LogP contribution in [0.1, 0.15) is 63.3 Å². The molecule has 0 bridgehead atoms. The molecule has 1 saturated heterocycles. The number of nitrogens with zero attached hydrogens (tertiary/aromatic N) is 2. The molecule has 0 amide bonds. The van der Waals surface area contributed by atoms with E-state index in [0.717, 1.165) is 24.2 Å². The highest BCUT2D eigenvalue weighted by atomic mass is 35.5. The van der Waals surface area contributed by atoms with Gasteiger partial charge in [-0.25, -0.2) is 0 Å². The number of hydrogen-bond donors (Lipinski definition) is 2. The van der Waals surface area contributed by atoms with E-state index in [2.05, 4.69) is 31.2 Å². The molecule has 4 nitrogen and oxygen atoms in total. The van der Waals surface area contributed by atoms with Crippen LogP contribution in [0.2, 0.25) is 5.15 Å². The summed E-state index contributed by atoms with van der Waals surface area (Å²) in [4.78, 5) is 0. The number of nitrogens with one attached hydrogen (secondary N) is 1. The SMILES string of the molecule is CCC1CCNC(C(O)c2c(C(C)C)nn(C)c2Cl)C1. The standard InChI is InChI=1S/C15H26ClN3O/c1-5-10-6-7-17-11(8-10)14(20)12-13(9(2)3)18-19(4)15(12)16/h9-11,14,17,20H,5-8H2,1-4H3. The molecule has 1 aromatic rings. The first-order valence-electron chi connectivity index (χ1n) is 7.59. The van der Waals surface area contributed by atoms with Gasteiger partial charge in [0.15, 0.2) is 0 Å². The summed E-state index contributed by atoms with van der Waals surface area (Å²) in [5, 5.41) is 19.2. The maximum Gasteiger partial charge on any atom is 0.132 e. The predicted molar refractivity (Wildman–Crippen MR) is 82.1 cm³/mol. The minimum absolute atomic E-state index is 0.0768. The average Bonchev–Trinajstić information content (AvgIpc) is 2.74. The number of aromatic nitrogens is 2. The highest BCUT2D eigenvalue weighted by Crippen LogP contribution is 2.35. The molecule has 114 valence electrons.